The van der Waals surface area contributed by atoms with Crippen molar-refractivity contribution in [2.45, 2.75) is 75.0 Å². The zero-order valence-corrected chi connectivity index (χ0v) is 13.9. The van der Waals surface area contributed by atoms with Gasteiger partial charge in [-0.15, -0.1) is 0 Å². The van der Waals surface area contributed by atoms with Crippen LogP contribution in [-0.2, 0) is 4.74 Å². The minimum Gasteiger partial charge on any atom is -0.380 e. The maximum absolute atomic E-state index is 14.8. The topological polar surface area (TPSA) is 49.7 Å². The third-order valence-electron chi connectivity index (χ3n) is 7.52. The predicted octanol–water partition coefficient (Wildman–Crippen LogP) is 3.48. The molecule has 4 aliphatic rings. The summed E-state index contributed by atoms with van der Waals surface area (Å²) in [6, 6.07) is 0. The van der Waals surface area contributed by atoms with Crippen LogP contribution < -0.4 is 0 Å². The lowest BCUT2D eigenvalue weighted by atomic mass is 9.61. The van der Waals surface area contributed by atoms with Crippen LogP contribution in [0.15, 0.2) is 0 Å². The third-order valence-corrected chi connectivity index (χ3v) is 7.52. The molecule has 0 spiro atoms. The molecule has 8 heteroatoms. The van der Waals surface area contributed by atoms with E-state index in [4.69, 9.17) is 0 Å². The molecule has 0 radical (unpaired) electrons. The van der Waals surface area contributed by atoms with Gasteiger partial charge in [0, 0.05) is 0 Å². The SMILES string of the molecule is CC1OC(O)(C(F)(F)F)C(F)(F)C1(O)C1CC2CC1C1CCCCC21. The molecular formula is C17H23F5O3. The second-order valence-corrected chi connectivity index (χ2v) is 8.42. The number of rotatable bonds is 1. The summed E-state index contributed by atoms with van der Waals surface area (Å²) in [5.74, 6) is -9.90. The summed E-state index contributed by atoms with van der Waals surface area (Å²) in [6.45, 7) is 1.00. The monoisotopic (exact) mass is 370 g/mol. The van der Waals surface area contributed by atoms with Crippen molar-refractivity contribution in [3.8, 4) is 0 Å². The molecule has 1 aliphatic heterocycles. The molecule has 25 heavy (non-hydrogen) atoms. The van der Waals surface area contributed by atoms with E-state index in [9.17, 15) is 32.2 Å². The van der Waals surface area contributed by atoms with Crippen molar-refractivity contribution in [3.63, 3.8) is 0 Å². The highest BCUT2D eigenvalue weighted by molar-refractivity contribution is 5.20. The highest BCUT2D eigenvalue weighted by Gasteiger charge is 2.86. The Bertz CT molecular complexity index is 567. The van der Waals surface area contributed by atoms with Crippen LogP contribution >= 0.6 is 0 Å². The molecule has 0 aromatic rings. The van der Waals surface area contributed by atoms with Gasteiger partial charge in [0.25, 0.3) is 0 Å². The molecule has 1 heterocycles. The van der Waals surface area contributed by atoms with Gasteiger partial charge in [-0.2, -0.15) is 22.0 Å². The summed E-state index contributed by atoms with van der Waals surface area (Å²) >= 11 is 0. The van der Waals surface area contributed by atoms with Gasteiger partial charge in [0.2, 0.25) is 0 Å². The molecule has 0 amide bonds. The van der Waals surface area contributed by atoms with E-state index < -0.39 is 35.5 Å². The molecule has 144 valence electrons. The first-order chi connectivity index (χ1) is 11.4. The summed E-state index contributed by atoms with van der Waals surface area (Å²) in [7, 11) is 0. The molecule has 3 nitrogen and oxygen atoms in total. The first-order valence-electron chi connectivity index (χ1n) is 9.02. The van der Waals surface area contributed by atoms with E-state index in [1.165, 1.54) is 0 Å². The van der Waals surface area contributed by atoms with Gasteiger partial charge in [-0.05, 0) is 62.2 Å². The zero-order valence-electron chi connectivity index (χ0n) is 13.9. The Morgan fingerprint density at radius 1 is 0.960 bits per heavy atom. The first-order valence-corrected chi connectivity index (χ1v) is 9.02. The van der Waals surface area contributed by atoms with Gasteiger partial charge < -0.3 is 14.9 Å². The van der Waals surface area contributed by atoms with E-state index in [2.05, 4.69) is 4.74 Å². The largest absolute Gasteiger partial charge is 0.449 e. The lowest BCUT2D eigenvalue weighted by molar-refractivity contribution is -0.413. The van der Waals surface area contributed by atoms with Crippen molar-refractivity contribution >= 4 is 0 Å². The Hall–Kier alpha value is -0.470. The van der Waals surface area contributed by atoms with Crippen molar-refractivity contribution in [2.24, 2.45) is 29.6 Å². The molecule has 3 saturated carbocycles. The van der Waals surface area contributed by atoms with Crippen molar-refractivity contribution in [1.29, 1.82) is 0 Å². The summed E-state index contributed by atoms with van der Waals surface area (Å²) in [4.78, 5) is 0. The highest BCUT2D eigenvalue weighted by Crippen LogP contribution is 2.67. The standard InChI is InChI=1S/C17H23F5O3/c1-8-14(23,15(18,19)16(24,25-8)17(20,21)22)13-7-9-6-12(13)11-5-3-2-4-10(9)11/h8-13,23-24H,2-7H2,1H3. The second kappa shape index (κ2) is 5.07. The number of hydrogen-bond donors (Lipinski definition) is 2. The van der Waals surface area contributed by atoms with Gasteiger partial charge >= 0.3 is 17.9 Å². The van der Waals surface area contributed by atoms with Gasteiger partial charge in [0.15, 0.2) is 5.60 Å². The highest BCUT2D eigenvalue weighted by atomic mass is 19.4. The molecule has 3 aliphatic carbocycles. The molecule has 8 atom stereocenters. The Labute approximate surface area is 142 Å². The lowest BCUT2D eigenvalue weighted by Crippen LogP contribution is -2.66. The summed E-state index contributed by atoms with van der Waals surface area (Å²) in [6.07, 6.45) is -2.54. The quantitative estimate of drug-likeness (QED) is 0.695. The molecule has 0 aromatic heterocycles. The van der Waals surface area contributed by atoms with Crippen molar-refractivity contribution < 1.29 is 36.9 Å². The van der Waals surface area contributed by atoms with Crippen LogP contribution in [0.5, 0.6) is 0 Å². The number of halogens is 5. The van der Waals surface area contributed by atoms with Gasteiger partial charge in [-0.1, -0.05) is 12.8 Å². The van der Waals surface area contributed by atoms with E-state index in [-0.39, 0.29) is 24.2 Å². The van der Waals surface area contributed by atoms with Crippen LogP contribution in [0.4, 0.5) is 22.0 Å². The molecule has 0 aromatic carbocycles. The molecule has 2 N–H and O–H groups in total. The lowest BCUT2D eigenvalue weighted by Gasteiger charge is -2.47. The average Bonchev–Trinajstić information content (AvgIpc) is 3.15. The maximum atomic E-state index is 14.8. The number of fused-ring (bicyclic) bond motifs is 5. The van der Waals surface area contributed by atoms with Crippen LogP contribution in [0.3, 0.4) is 0 Å². The molecule has 1 saturated heterocycles. The van der Waals surface area contributed by atoms with Gasteiger partial charge in [-0.25, -0.2) is 0 Å². The smallest absolute Gasteiger partial charge is 0.380 e. The van der Waals surface area contributed by atoms with E-state index >= 15 is 0 Å². The average molecular weight is 370 g/mol. The van der Waals surface area contributed by atoms with E-state index in [0.717, 1.165) is 32.6 Å². The van der Waals surface area contributed by atoms with Gasteiger partial charge in [0.05, 0.1) is 6.10 Å². The minimum atomic E-state index is -5.69. The number of hydrogen-bond acceptors (Lipinski definition) is 3. The predicted molar refractivity (Wildman–Crippen MR) is 76.6 cm³/mol. The van der Waals surface area contributed by atoms with Crippen LogP contribution in [0.25, 0.3) is 0 Å². The van der Waals surface area contributed by atoms with Crippen molar-refractivity contribution in [2.75, 3.05) is 0 Å². The fourth-order valence-corrected chi connectivity index (χ4v) is 6.47. The van der Waals surface area contributed by atoms with Crippen LogP contribution in [-0.4, -0.2) is 39.8 Å². The summed E-state index contributed by atoms with van der Waals surface area (Å²) in [5, 5.41) is 20.5. The molecule has 8 unspecified atom stereocenters. The Morgan fingerprint density at radius 3 is 2.12 bits per heavy atom. The van der Waals surface area contributed by atoms with Gasteiger partial charge in [0.1, 0.15) is 0 Å². The summed E-state index contributed by atoms with van der Waals surface area (Å²) < 4.78 is 73.4. The fraction of sp³-hybridized carbons (Fsp3) is 1.00. The molecule has 2 bridgehead atoms. The van der Waals surface area contributed by atoms with Crippen LogP contribution in [0.2, 0.25) is 0 Å². The molecular weight excluding hydrogens is 347 g/mol. The molecule has 4 fully saturated rings. The van der Waals surface area contributed by atoms with Crippen LogP contribution in [0.1, 0.15) is 45.4 Å². The van der Waals surface area contributed by atoms with Crippen molar-refractivity contribution in [1.82, 2.24) is 0 Å². The third kappa shape index (κ3) is 1.96. The second-order valence-electron chi connectivity index (χ2n) is 8.42. The van der Waals surface area contributed by atoms with E-state index in [1.807, 2.05) is 0 Å². The Morgan fingerprint density at radius 2 is 1.56 bits per heavy atom. The van der Waals surface area contributed by atoms with Crippen LogP contribution in [0, 0.1) is 29.6 Å². The molecule has 4 rings (SSSR count). The fourth-order valence-electron chi connectivity index (χ4n) is 6.47. The number of aliphatic hydroxyl groups is 2. The number of alkyl halides is 5. The first kappa shape index (κ1) is 17.9. The Kier molecular flexibility index (Phi) is 3.64. The normalized spacial score (nSPS) is 54.7. The van der Waals surface area contributed by atoms with Crippen molar-refractivity contribution in [3.05, 3.63) is 0 Å². The maximum Gasteiger partial charge on any atom is 0.449 e. The zero-order chi connectivity index (χ0) is 18.4. The van der Waals surface area contributed by atoms with Gasteiger partial charge in [-0.3, -0.25) is 0 Å². The summed E-state index contributed by atoms with van der Waals surface area (Å²) in [5.41, 5.74) is -3.01. The number of ether oxygens (including phenoxy) is 1. The minimum absolute atomic E-state index is 0.173. The van der Waals surface area contributed by atoms with E-state index in [1.54, 1.807) is 0 Å². The van der Waals surface area contributed by atoms with E-state index in [0.29, 0.717) is 12.3 Å². The Balaban J connectivity index is 1.70.